The number of rotatable bonds is 6. The third-order valence-electron chi connectivity index (χ3n) is 4.23. The van der Waals surface area contributed by atoms with E-state index in [1.165, 1.54) is 29.6 Å². The largest absolute Gasteiger partial charge is 0.496 e. The Morgan fingerprint density at radius 2 is 1.56 bits per heavy atom. The average molecular weight is 385 g/mol. The van der Waals surface area contributed by atoms with E-state index in [1.54, 1.807) is 30.3 Å². The van der Waals surface area contributed by atoms with Crippen molar-refractivity contribution in [2.75, 3.05) is 11.4 Å². The molecule has 3 aromatic carbocycles. The minimum Gasteiger partial charge on any atom is -0.496 e. The third-order valence-corrected chi connectivity index (χ3v) is 6.04. The molecule has 0 spiro atoms. The molecule has 3 rings (SSSR count). The highest BCUT2D eigenvalue weighted by atomic mass is 32.2. The van der Waals surface area contributed by atoms with Crippen LogP contribution in [-0.2, 0) is 16.6 Å². The molecule has 0 saturated carbocycles. The number of aryl methyl sites for hydroxylation is 1. The summed E-state index contributed by atoms with van der Waals surface area (Å²) in [4.78, 5) is -0.361. The molecule has 0 amide bonds. The number of anilines is 1. The maximum absolute atomic E-state index is 14.3. The van der Waals surface area contributed by atoms with Crippen molar-refractivity contribution in [3.8, 4) is 5.75 Å². The molecule has 0 aromatic heterocycles. The van der Waals surface area contributed by atoms with Gasteiger partial charge in [-0.25, -0.2) is 12.8 Å². The van der Waals surface area contributed by atoms with Gasteiger partial charge in [-0.2, -0.15) is 0 Å². The van der Waals surface area contributed by atoms with Crippen LogP contribution in [-0.4, -0.2) is 15.5 Å². The fourth-order valence-corrected chi connectivity index (χ4v) is 4.30. The van der Waals surface area contributed by atoms with Crippen LogP contribution in [0, 0.1) is 12.7 Å². The highest BCUT2D eigenvalue weighted by Gasteiger charge is 2.28. The van der Waals surface area contributed by atoms with Crippen LogP contribution in [0.25, 0.3) is 0 Å². The first-order valence-electron chi connectivity index (χ1n) is 8.39. The van der Waals surface area contributed by atoms with E-state index in [0.717, 1.165) is 11.6 Å². The number of ether oxygens (including phenoxy) is 1. The summed E-state index contributed by atoms with van der Waals surface area (Å²) >= 11 is 0. The highest BCUT2D eigenvalue weighted by Crippen LogP contribution is 2.30. The summed E-state index contributed by atoms with van der Waals surface area (Å²) in [6.45, 7) is 1.93. The van der Waals surface area contributed by atoms with Gasteiger partial charge in [0.2, 0.25) is 0 Å². The van der Waals surface area contributed by atoms with Crippen LogP contribution in [0.1, 0.15) is 11.1 Å². The normalized spacial score (nSPS) is 11.2. The fourth-order valence-electron chi connectivity index (χ4n) is 2.79. The van der Waals surface area contributed by atoms with E-state index >= 15 is 0 Å². The van der Waals surface area contributed by atoms with Crippen molar-refractivity contribution in [2.24, 2.45) is 0 Å². The topological polar surface area (TPSA) is 46.6 Å². The first-order chi connectivity index (χ1) is 12.9. The van der Waals surface area contributed by atoms with E-state index in [2.05, 4.69) is 0 Å². The quantitative estimate of drug-likeness (QED) is 0.626. The molecule has 0 aliphatic heterocycles. The Morgan fingerprint density at radius 1 is 0.926 bits per heavy atom. The number of halogens is 1. The van der Waals surface area contributed by atoms with Crippen molar-refractivity contribution >= 4 is 15.7 Å². The van der Waals surface area contributed by atoms with Crippen molar-refractivity contribution in [2.45, 2.75) is 18.4 Å². The molecular weight excluding hydrogens is 365 g/mol. The Bertz CT molecular complexity index is 1030. The van der Waals surface area contributed by atoms with Crippen LogP contribution in [0.2, 0.25) is 0 Å². The van der Waals surface area contributed by atoms with Gasteiger partial charge in [0.25, 0.3) is 10.0 Å². The van der Waals surface area contributed by atoms with E-state index in [1.807, 2.05) is 25.1 Å². The number of nitrogens with zero attached hydrogens (tertiary/aromatic N) is 1. The number of hydrogen-bond donors (Lipinski definition) is 0. The van der Waals surface area contributed by atoms with Crippen LogP contribution in [0.5, 0.6) is 5.75 Å². The minimum atomic E-state index is -4.12. The van der Waals surface area contributed by atoms with Gasteiger partial charge in [0, 0.05) is 5.56 Å². The molecule has 3 aromatic rings. The first kappa shape index (κ1) is 18.9. The van der Waals surface area contributed by atoms with Gasteiger partial charge in [-0.05, 0) is 37.3 Å². The summed E-state index contributed by atoms with van der Waals surface area (Å²) in [5.74, 6) is -0.215. The third kappa shape index (κ3) is 3.95. The minimum absolute atomic E-state index is 0.0176. The Morgan fingerprint density at radius 3 is 2.22 bits per heavy atom. The Balaban J connectivity index is 2.13. The zero-order chi connectivity index (χ0) is 19.4. The van der Waals surface area contributed by atoms with E-state index in [9.17, 15) is 12.8 Å². The lowest BCUT2D eigenvalue weighted by Crippen LogP contribution is -2.31. The molecule has 0 aliphatic carbocycles. The molecular formula is C21H20FNO3S. The molecule has 140 valence electrons. The van der Waals surface area contributed by atoms with E-state index in [0.29, 0.717) is 17.0 Å². The van der Waals surface area contributed by atoms with Gasteiger partial charge in [-0.15, -0.1) is 0 Å². The Hall–Kier alpha value is -2.86. The van der Waals surface area contributed by atoms with Crippen LogP contribution < -0.4 is 9.04 Å². The predicted octanol–water partition coefficient (Wildman–Crippen LogP) is 4.54. The standard InChI is InChI=1S/C21H20FNO3S/c1-16-11-13-18(14-12-16)23(15-17-7-3-5-9-20(17)26-2)27(24,25)21-10-6-4-8-19(21)22/h3-14H,15H2,1-2H3. The van der Waals surface area contributed by atoms with Crippen molar-refractivity contribution in [1.82, 2.24) is 0 Å². The highest BCUT2D eigenvalue weighted by molar-refractivity contribution is 7.92. The molecule has 0 radical (unpaired) electrons. The SMILES string of the molecule is COc1ccccc1CN(c1ccc(C)cc1)S(=O)(=O)c1ccccc1F. The van der Waals surface area contributed by atoms with Crippen molar-refractivity contribution in [1.29, 1.82) is 0 Å². The summed E-state index contributed by atoms with van der Waals surface area (Å²) in [6, 6.07) is 19.6. The second-order valence-electron chi connectivity index (χ2n) is 6.09. The van der Waals surface area contributed by atoms with Crippen LogP contribution >= 0.6 is 0 Å². The summed E-state index contributed by atoms with van der Waals surface area (Å²) in [7, 11) is -2.59. The van der Waals surface area contributed by atoms with E-state index in [4.69, 9.17) is 4.74 Å². The molecule has 0 saturated heterocycles. The summed E-state index contributed by atoms with van der Waals surface area (Å²) in [5.41, 5.74) is 2.13. The van der Waals surface area contributed by atoms with Gasteiger partial charge in [0.1, 0.15) is 16.5 Å². The molecule has 0 N–H and O–H groups in total. The zero-order valence-electron chi connectivity index (χ0n) is 15.1. The molecule has 0 unspecified atom stereocenters. The predicted molar refractivity (Wildman–Crippen MR) is 104 cm³/mol. The fraction of sp³-hybridized carbons (Fsp3) is 0.143. The van der Waals surface area contributed by atoms with Crippen LogP contribution in [0.4, 0.5) is 10.1 Å². The number of sulfonamides is 1. The molecule has 4 nitrogen and oxygen atoms in total. The number of hydrogen-bond acceptors (Lipinski definition) is 3. The molecule has 0 atom stereocenters. The van der Waals surface area contributed by atoms with Gasteiger partial charge >= 0.3 is 0 Å². The molecule has 27 heavy (non-hydrogen) atoms. The second kappa shape index (κ2) is 7.80. The summed E-state index contributed by atoms with van der Waals surface area (Å²) in [5, 5.41) is 0. The van der Waals surface area contributed by atoms with Gasteiger partial charge in [0.15, 0.2) is 0 Å². The number of benzene rings is 3. The second-order valence-corrected chi connectivity index (χ2v) is 7.92. The van der Waals surface area contributed by atoms with E-state index in [-0.39, 0.29) is 11.4 Å². The summed E-state index contributed by atoms with van der Waals surface area (Å²) in [6.07, 6.45) is 0. The lowest BCUT2D eigenvalue weighted by Gasteiger charge is -2.25. The van der Waals surface area contributed by atoms with Crippen molar-refractivity contribution in [3.05, 3.63) is 89.7 Å². The molecule has 0 bridgehead atoms. The summed E-state index contributed by atoms with van der Waals surface area (Å²) < 4.78 is 47.4. The lowest BCUT2D eigenvalue weighted by molar-refractivity contribution is 0.410. The first-order valence-corrected chi connectivity index (χ1v) is 9.83. The Labute approximate surface area is 158 Å². The molecule has 6 heteroatoms. The molecule has 0 fully saturated rings. The van der Waals surface area contributed by atoms with Crippen LogP contribution in [0.3, 0.4) is 0 Å². The smallest absolute Gasteiger partial charge is 0.267 e. The van der Waals surface area contributed by atoms with Gasteiger partial charge in [-0.1, -0.05) is 48.0 Å². The zero-order valence-corrected chi connectivity index (χ0v) is 15.9. The van der Waals surface area contributed by atoms with Crippen molar-refractivity contribution < 1.29 is 17.5 Å². The molecule has 0 aliphatic rings. The van der Waals surface area contributed by atoms with Gasteiger partial charge < -0.3 is 4.74 Å². The van der Waals surface area contributed by atoms with Crippen LogP contribution in [0.15, 0.2) is 77.7 Å². The van der Waals surface area contributed by atoms with E-state index < -0.39 is 15.8 Å². The van der Waals surface area contributed by atoms with Gasteiger partial charge in [-0.3, -0.25) is 4.31 Å². The maximum Gasteiger partial charge on any atom is 0.267 e. The lowest BCUT2D eigenvalue weighted by atomic mass is 10.2. The average Bonchev–Trinajstić information content (AvgIpc) is 2.67. The van der Waals surface area contributed by atoms with Gasteiger partial charge in [0.05, 0.1) is 19.3 Å². The number of methoxy groups -OCH3 is 1. The monoisotopic (exact) mass is 385 g/mol. The number of para-hydroxylation sites is 1. The maximum atomic E-state index is 14.3. The molecule has 0 heterocycles. The van der Waals surface area contributed by atoms with Crippen molar-refractivity contribution in [3.63, 3.8) is 0 Å². The Kier molecular flexibility index (Phi) is 5.46.